The maximum Gasteiger partial charge on any atom is 0.178 e. The molecule has 0 radical (unpaired) electrons. The lowest BCUT2D eigenvalue weighted by atomic mass is 9.76. The third-order valence-electron chi connectivity index (χ3n) is 4.69. The van der Waals surface area contributed by atoms with Crippen LogP contribution in [-0.4, -0.2) is 15.9 Å². The Morgan fingerprint density at radius 1 is 1.27 bits per heavy atom. The molecule has 6 heteroatoms. The molecule has 3 heterocycles. The Bertz CT molecular complexity index is 997. The third-order valence-corrected chi connectivity index (χ3v) is 5.03. The fraction of sp³-hybridized carbons (Fsp3) is 0.250. The average Bonchev–Trinajstić information content (AvgIpc) is 3.30. The third kappa shape index (κ3) is 2.63. The van der Waals surface area contributed by atoms with Crippen molar-refractivity contribution < 1.29 is 4.42 Å². The number of aromatic amines is 1. The molecule has 0 aliphatic carbocycles. The zero-order chi connectivity index (χ0) is 18.1. The first-order valence-corrected chi connectivity index (χ1v) is 8.96. The topological polar surface area (TPSA) is 78.0 Å². The van der Waals surface area contributed by atoms with Gasteiger partial charge in [-0.1, -0.05) is 43.1 Å². The number of aromatic nitrogens is 2. The molecule has 1 aromatic carbocycles. The van der Waals surface area contributed by atoms with Gasteiger partial charge in [0.1, 0.15) is 5.69 Å². The molecule has 3 aromatic rings. The van der Waals surface area contributed by atoms with Crippen LogP contribution in [0.15, 0.2) is 52.1 Å². The standard InChI is InChI=1S/C20H17ClN4O/c1-2-6-15-13(11-22)17(12-7-3-4-8-14(12)21)18-19(16-9-5-10-26-16)24-25-20(18)23-15/h3-5,7-10,13,17H,2,6H2,1H3,(H,24,25). The van der Waals surface area contributed by atoms with Gasteiger partial charge in [-0.25, -0.2) is 4.99 Å². The number of benzene rings is 1. The lowest BCUT2D eigenvalue weighted by Gasteiger charge is -2.28. The minimum Gasteiger partial charge on any atom is -0.463 e. The molecule has 5 nitrogen and oxygen atoms in total. The fourth-order valence-corrected chi connectivity index (χ4v) is 3.83. The van der Waals surface area contributed by atoms with Crippen molar-refractivity contribution in [3.05, 3.63) is 58.8 Å². The van der Waals surface area contributed by atoms with Gasteiger partial charge >= 0.3 is 0 Å². The largest absolute Gasteiger partial charge is 0.463 e. The van der Waals surface area contributed by atoms with Crippen LogP contribution in [0, 0.1) is 17.2 Å². The highest BCUT2D eigenvalue weighted by atomic mass is 35.5. The van der Waals surface area contributed by atoms with Crippen molar-refractivity contribution >= 4 is 23.1 Å². The van der Waals surface area contributed by atoms with Crippen LogP contribution in [0.1, 0.15) is 36.8 Å². The Kier molecular flexibility index (Phi) is 4.36. The molecule has 0 fully saturated rings. The van der Waals surface area contributed by atoms with E-state index in [1.165, 1.54) is 0 Å². The summed E-state index contributed by atoms with van der Waals surface area (Å²) in [4.78, 5) is 4.69. The molecule has 1 N–H and O–H groups in total. The minimum absolute atomic E-state index is 0.249. The van der Waals surface area contributed by atoms with E-state index >= 15 is 0 Å². The first kappa shape index (κ1) is 16.6. The van der Waals surface area contributed by atoms with Crippen molar-refractivity contribution in [2.75, 3.05) is 0 Å². The molecule has 1 aliphatic heterocycles. The van der Waals surface area contributed by atoms with Crippen molar-refractivity contribution in [1.29, 1.82) is 5.26 Å². The van der Waals surface area contributed by atoms with Crippen molar-refractivity contribution in [1.82, 2.24) is 10.2 Å². The molecule has 0 spiro atoms. The van der Waals surface area contributed by atoms with E-state index in [0.717, 1.165) is 35.4 Å². The number of H-pyrrole nitrogens is 1. The lowest BCUT2D eigenvalue weighted by Crippen LogP contribution is -2.25. The van der Waals surface area contributed by atoms with E-state index in [0.29, 0.717) is 16.6 Å². The van der Waals surface area contributed by atoms with Gasteiger partial charge in [-0.05, 0) is 30.2 Å². The molecule has 0 saturated heterocycles. The highest BCUT2D eigenvalue weighted by molar-refractivity contribution is 6.31. The van der Waals surface area contributed by atoms with E-state index in [4.69, 9.17) is 21.0 Å². The van der Waals surface area contributed by atoms with Crippen LogP contribution in [0.5, 0.6) is 0 Å². The Hall–Kier alpha value is -2.84. The smallest absolute Gasteiger partial charge is 0.178 e. The molecule has 2 aromatic heterocycles. The second kappa shape index (κ2) is 6.81. The van der Waals surface area contributed by atoms with E-state index in [2.05, 4.69) is 23.2 Å². The molecule has 130 valence electrons. The predicted octanol–water partition coefficient (Wildman–Crippen LogP) is 5.48. The van der Waals surface area contributed by atoms with Crippen molar-refractivity contribution in [2.24, 2.45) is 10.9 Å². The summed E-state index contributed by atoms with van der Waals surface area (Å²) in [6.07, 6.45) is 3.28. The highest BCUT2D eigenvalue weighted by Gasteiger charge is 2.39. The highest BCUT2D eigenvalue weighted by Crippen LogP contribution is 2.47. The summed E-state index contributed by atoms with van der Waals surface area (Å²) in [7, 11) is 0. The number of aliphatic imine (C=N–C) groups is 1. The Morgan fingerprint density at radius 2 is 2.12 bits per heavy atom. The zero-order valence-electron chi connectivity index (χ0n) is 14.2. The van der Waals surface area contributed by atoms with Gasteiger partial charge in [0, 0.05) is 22.2 Å². The Morgan fingerprint density at radius 3 is 2.81 bits per heavy atom. The Balaban J connectivity index is 1.97. The second-order valence-electron chi connectivity index (χ2n) is 6.27. The van der Waals surface area contributed by atoms with Gasteiger partial charge in [-0.3, -0.25) is 5.10 Å². The summed E-state index contributed by atoms with van der Waals surface area (Å²) in [6.45, 7) is 2.08. The van der Waals surface area contributed by atoms with E-state index < -0.39 is 5.92 Å². The van der Waals surface area contributed by atoms with Crippen LogP contribution in [0.25, 0.3) is 11.5 Å². The van der Waals surface area contributed by atoms with Gasteiger partial charge in [0.2, 0.25) is 0 Å². The number of hydrogen-bond acceptors (Lipinski definition) is 4. The first-order valence-electron chi connectivity index (χ1n) is 8.58. The van der Waals surface area contributed by atoms with Gasteiger partial charge < -0.3 is 4.42 Å². The van der Waals surface area contributed by atoms with E-state index in [1.54, 1.807) is 6.26 Å². The van der Waals surface area contributed by atoms with Gasteiger partial charge in [-0.2, -0.15) is 10.4 Å². The fourth-order valence-electron chi connectivity index (χ4n) is 3.57. The molecule has 26 heavy (non-hydrogen) atoms. The summed E-state index contributed by atoms with van der Waals surface area (Å²) in [5, 5.41) is 18.0. The number of fused-ring (bicyclic) bond motifs is 1. The van der Waals surface area contributed by atoms with Gasteiger partial charge in [-0.15, -0.1) is 0 Å². The number of halogens is 1. The Labute approximate surface area is 156 Å². The van der Waals surface area contributed by atoms with E-state index in [9.17, 15) is 5.26 Å². The van der Waals surface area contributed by atoms with Crippen LogP contribution >= 0.6 is 11.6 Å². The number of nitrogens with zero attached hydrogens (tertiary/aromatic N) is 3. The summed E-state index contributed by atoms with van der Waals surface area (Å²) in [5.74, 6) is 0.633. The summed E-state index contributed by atoms with van der Waals surface area (Å²) >= 11 is 6.51. The van der Waals surface area contributed by atoms with Gasteiger partial charge in [0.05, 0.1) is 18.3 Å². The summed E-state index contributed by atoms with van der Waals surface area (Å²) in [6, 6.07) is 13.8. The van der Waals surface area contributed by atoms with Crippen LogP contribution in [0.2, 0.25) is 5.02 Å². The molecule has 1 aliphatic rings. The van der Waals surface area contributed by atoms with Crippen molar-refractivity contribution in [2.45, 2.75) is 25.7 Å². The first-order chi connectivity index (χ1) is 12.7. The quantitative estimate of drug-likeness (QED) is 0.665. The monoisotopic (exact) mass is 364 g/mol. The van der Waals surface area contributed by atoms with Crippen LogP contribution < -0.4 is 0 Å². The molecular weight excluding hydrogens is 348 g/mol. The molecular formula is C20H17ClN4O. The van der Waals surface area contributed by atoms with Gasteiger partial charge in [0.25, 0.3) is 0 Å². The summed E-state index contributed by atoms with van der Waals surface area (Å²) < 4.78 is 5.57. The lowest BCUT2D eigenvalue weighted by molar-refractivity contribution is 0.577. The SMILES string of the molecule is CCCC1=Nc2n[nH]c(-c3ccco3)c2C(c2ccccc2Cl)C1C#N. The van der Waals surface area contributed by atoms with E-state index in [1.807, 2.05) is 36.4 Å². The minimum atomic E-state index is -0.395. The summed E-state index contributed by atoms with van der Waals surface area (Å²) in [5.41, 5.74) is 3.36. The predicted molar refractivity (Wildman–Crippen MR) is 101 cm³/mol. The number of rotatable bonds is 4. The maximum absolute atomic E-state index is 9.97. The molecule has 0 saturated carbocycles. The van der Waals surface area contributed by atoms with Crippen LogP contribution in [-0.2, 0) is 0 Å². The van der Waals surface area contributed by atoms with Gasteiger partial charge in [0.15, 0.2) is 11.6 Å². The zero-order valence-corrected chi connectivity index (χ0v) is 15.0. The molecule has 2 unspecified atom stereocenters. The van der Waals surface area contributed by atoms with Crippen LogP contribution in [0.3, 0.4) is 0 Å². The normalized spacial score (nSPS) is 18.9. The van der Waals surface area contributed by atoms with Crippen molar-refractivity contribution in [3.8, 4) is 17.5 Å². The molecule has 2 atom stereocenters. The molecule has 4 rings (SSSR count). The van der Waals surface area contributed by atoms with Crippen molar-refractivity contribution in [3.63, 3.8) is 0 Å². The average molecular weight is 365 g/mol. The molecule has 0 amide bonds. The van der Waals surface area contributed by atoms with Crippen LogP contribution in [0.4, 0.5) is 5.82 Å². The number of furan rings is 1. The second-order valence-corrected chi connectivity index (χ2v) is 6.68. The maximum atomic E-state index is 9.97. The van der Waals surface area contributed by atoms with E-state index in [-0.39, 0.29) is 5.92 Å². The number of nitriles is 1. The number of hydrogen-bond donors (Lipinski definition) is 1. The molecule has 0 bridgehead atoms. The number of nitrogens with one attached hydrogen (secondary N) is 1.